The molecule has 2 aliphatic heterocycles. The van der Waals surface area contributed by atoms with E-state index >= 15 is 0 Å². The van der Waals surface area contributed by atoms with E-state index in [0.29, 0.717) is 48.5 Å². The number of aliphatic hydroxyl groups is 5. The summed E-state index contributed by atoms with van der Waals surface area (Å²) in [5, 5.41) is 50.2. The molecule has 2 heterocycles. The van der Waals surface area contributed by atoms with Gasteiger partial charge < -0.3 is 39.7 Å². The summed E-state index contributed by atoms with van der Waals surface area (Å²) in [6.07, 6.45) is -0.197. The highest BCUT2D eigenvalue weighted by Gasteiger charge is 2.58. The molecule has 0 radical (unpaired) electrons. The Morgan fingerprint density at radius 3 is 2.51 bits per heavy atom. The molecule has 3 fully saturated rings. The molecule has 0 aromatic rings. The van der Waals surface area contributed by atoms with Crippen LogP contribution in [0.3, 0.4) is 0 Å². The van der Waals surface area contributed by atoms with Gasteiger partial charge in [-0.1, -0.05) is 19.4 Å². The van der Waals surface area contributed by atoms with Gasteiger partial charge in [-0.05, 0) is 91.6 Å². The predicted molar refractivity (Wildman–Crippen MR) is 153 cm³/mol. The largest absolute Gasteiger partial charge is 0.458 e. The number of carbonyl (C=O) groups is 2. The van der Waals surface area contributed by atoms with Gasteiger partial charge in [0.15, 0.2) is 12.1 Å². The molecule has 10 heteroatoms. The maximum atomic E-state index is 13.2. The monoisotopic (exact) mass is 604 g/mol. The lowest BCUT2D eigenvalue weighted by molar-refractivity contribution is -0.299. The first-order chi connectivity index (χ1) is 20.4. The van der Waals surface area contributed by atoms with E-state index in [2.05, 4.69) is 13.8 Å². The molecule has 0 amide bonds. The van der Waals surface area contributed by atoms with Gasteiger partial charge in [0, 0.05) is 24.8 Å². The highest BCUT2D eigenvalue weighted by molar-refractivity contribution is 5.97. The number of carbonyl (C=O) groups excluding carboxylic acids is 2. The Balaban J connectivity index is 1.14. The van der Waals surface area contributed by atoms with Gasteiger partial charge in [0.1, 0.15) is 30.5 Å². The van der Waals surface area contributed by atoms with Crippen molar-refractivity contribution in [2.45, 2.75) is 121 Å². The second-order valence-corrected chi connectivity index (χ2v) is 14.4. The number of hydrogen-bond donors (Lipinski definition) is 5. The molecule has 0 aromatic heterocycles. The van der Waals surface area contributed by atoms with Crippen LogP contribution < -0.4 is 0 Å². The zero-order valence-corrected chi connectivity index (χ0v) is 25.5. The summed E-state index contributed by atoms with van der Waals surface area (Å²) < 4.78 is 17.3. The normalized spacial score (nSPS) is 45.8. The standard InChI is InChI=1S/C33H48O10/c1-15-17(14-41-32-30(39)29(38)28(37)27(13-34)43-32)10-26(42-31(15)40)16(2)23-6-7-24-21-12-25(36)22-11-18(35)4-5-19(22)20(21)8-9-33(23,24)3/h16,18,20-21,23-24,26-30,32,34-35,37-39H,4-14H2,1-3H3. The average Bonchev–Trinajstić information content (AvgIpc) is 3.34. The fraction of sp³-hybridized carbons (Fsp3) is 0.818. The molecule has 2 saturated carbocycles. The molecule has 5 N–H and O–H groups in total. The van der Waals surface area contributed by atoms with Crippen molar-refractivity contribution >= 4 is 11.8 Å². The van der Waals surface area contributed by atoms with Gasteiger partial charge >= 0.3 is 5.97 Å². The molecule has 6 rings (SSSR count). The van der Waals surface area contributed by atoms with Crippen LogP contribution in [-0.2, 0) is 23.8 Å². The van der Waals surface area contributed by atoms with Crippen molar-refractivity contribution in [3.63, 3.8) is 0 Å². The molecule has 43 heavy (non-hydrogen) atoms. The fourth-order valence-corrected chi connectivity index (χ4v) is 9.81. The van der Waals surface area contributed by atoms with Crippen LogP contribution in [0, 0.1) is 35.0 Å². The van der Waals surface area contributed by atoms with Crippen molar-refractivity contribution in [2.75, 3.05) is 13.2 Å². The Bertz CT molecular complexity index is 1180. The van der Waals surface area contributed by atoms with Crippen LogP contribution in [-0.4, -0.2) is 93.4 Å². The average molecular weight is 605 g/mol. The van der Waals surface area contributed by atoms with Crippen molar-refractivity contribution in [1.29, 1.82) is 0 Å². The minimum absolute atomic E-state index is 0.0184. The third kappa shape index (κ3) is 5.34. The van der Waals surface area contributed by atoms with Gasteiger partial charge in [-0.3, -0.25) is 4.79 Å². The SMILES string of the molecule is CC1=C(COC2OC(CO)C(O)C(O)C2O)CC(C(C)C2CCC3C4CC(=O)C5=C(CCC(O)C5)C4CCC23C)OC1=O. The molecule has 4 aliphatic carbocycles. The summed E-state index contributed by atoms with van der Waals surface area (Å²) in [4.78, 5) is 26.3. The lowest BCUT2D eigenvalue weighted by Gasteiger charge is -2.53. The number of esters is 1. The smallest absolute Gasteiger partial charge is 0.334 e. The number of aliphatic hydroxyl groups excluding tert-OH is 5. The molecule has 13 atom stereocenters. The molecule has 6 aliphatic rings. The molecule has 1 saturated heterocycles. The first-order valence-electron chi connectivity index (χ1n) is 16.2. The third-order valence-electron chi connectivity index (χ3n) is 12.3. The van der Waals surface area contributed by atoms with E-state index in [0.717, 1.165) is 49.7 Å². The number of fused-ring (bicyclic) bond motifs is 4. The molecule has 10 nitrogen and oxygen atoms in total. The summed E-state index contributed by atoms with van der Waals surface area (Å²) in [5.41, 5.74) is 3.48. The quantitative estimate of drug-likeness (QED) is 0.283. The number of Topliss-reactive ketones (excluding diaryl/α,β-unsaturated/α-hetero) is 1. The molecule has 0 spiro atoms. The first kappa shape index (κ1) is 31.3. The van der Waals surface area contributed by atoms with Crippen LogP contribution in [0.15, 0.2) is 22.3 Å². The Labute approximate surface area is 253 Å². The molecule has 0 aromatic carbocycles. The fourth-order valence-electron chi connectivity index (χ4n) is 9.81. The third-order valence-corrected chi connectivity index (χ3v) is 12.3. The molecular weight excluding hydrogens is 556 g/mol. The van der Waals surface area contributed by atoms with Gasteiger partial charge in [-0.25, -0.2) is 4.79 Å². The van der Waals surface area contributed by atoms with Crippen molar-refractivity contribution < 1.29 is 49.3 Å². The summed E-state index contributed by atoms with van der Waals surface area (Å²) in [7, 11) is 0. The van der Waals surface area contributed by atoms with Crippen LogP contribution in [0.4, 0.5) is 0 Å². The highest BCUT2D eigenvalue weighted by atomic mass is 16.7. The number of ether oxygens (including phenoxy) is 3. The van der Waals surface area contributed by atoms with E-state index in [9.17, 15) is 35.1 Å². The van der Waals surface area contributed by atoms with Gasteiger partial charge in [0.25, 0.3) is 0 Å². The second-order valence-electron chi connectivity index (χ2n) is 14.4. The Kier molecular flexibility index (Phi) is 8.69. The van der Waals surface area contributed by atoms with Gasteiger partial charge in [0.05, 0.1) is 19.3 Å². The summed E-state index contributed by atoms with van der Waals surface area (Å²) in [6, 6.07) is 0. The number of cyclic esters (lactones) is 1. The zero-order valence-electron chi connectivity index (χ0n) is 25.5. The molecule has 13 unspecified atom stereocenters. The van der Waals surface area contributed by atoms with Gasteiger partial charge in [-0.15, -0.1) is 0 Å². The van der Waals surface area contributed by atoms with Crippen LogP contribution in [0.5, 0.6) is 0 Å². The maximum Gasteiger partial charge on any atom is 0.334 e. The first-order valence-corrected chi connectivity index (χ1v) is 16.2. The maximum absolute atomic E-state index is 13.2. The Hall–Kier alpha value is -1.66. The number of allylic oxidation sites excluding steroid dienone is 1. The van der Waals surface area contributed by atoms with Gasteiger partial charge in [0.2, 0.25) is 0 Å². The minimum atomic E-state index is -1.53. The molecule has 0 bridgehead atoms. The van der Waals surface area contributed by atoms with E-state index in [-0.39, 0.29) is 29.8 Å². The number of hydrogen-bond acceptors (Lipinski definition) is 10. The second kappa shape index (κ2) is 11.9. The lowest BCUT2D eigenvalue weighted by Crippen LogP contribution is -2.59. The van der Waals surface area contributed by atoms with E-state index in [1.807, 2.05) is 0 Å². The summed E-state index contributed by atoms with van der Waals surface area (Å²) in [6.45, 7) is 5.69. The van der Waals surface area contributed by atoms with E-state index in [4.69, 9.17) is 14.2 Å². The van der Waals surface area contributed by atoms with E-state index in [1.165, 1.54) is 5.57 Å². The lowest BCUT2D eigenvalue weighted by atomic mass is 9.52. The minimum Gasteiger partial charge on any atom is -0.458 e. The Morgan fingerprint density at radius 2 is 1.77 bits per heavy atom. The van der Waals surface area contributed by atoms with Crippen LogP contribution >= 0.6 is 0 Å². The summed E-state index contributed by atoms with van der Waals surface area (Å²) in [5.74, 6) is 1.49. The number of rotatable bonds is 6. The number of ketones is 1. The van der Waals surface area contributed by atoms with Crippen molar-refractivity contribution in [3.05, 3.63) is 22.3 Å². The predicted octanol–water partition coefficient (Wildman–Crippen LogP) is 1.94. The molecule has 240 valence electrons. The van der Waals surface area contributed by atoms with Gasteiger partial charge in [-0.2, -0.15) is 0 Å². The van der Waals surface area contributed by atoms with Crippen molar-refractivity contribution in [2.24, 2.45) is 35.0 Å². The van der Waals surface area contributed by atoms with E-state index < -0.39 is 49.4 Å². The van der Waals surface area contributed by atoms with Crippen molar-refractivity contribution in [1.82, 2.24) is 0 Å². The van der Waals surface area contributed by atoms with E-state index in [1.54, 1.807) is 6.92 Å². The van der Waals surface area contributed by atoms with Crippen LogP contribution in [0.1, 0.15) is 78.6 Å². The van der Waals surface area contributed by atoms with Crippen molar-refractivity contribution in [3.8, 4) is 0 Å². The molecular formula is C33H48O10. The van der Waals surface area contributed by atoms with Crippen LogP contribution in [0.25, 0.3) is 0 Å². The topological polar surface area (TPSA) is 163 Å². The summed E-state index contributed by atoms with van der Waals surface area (Å²) >= 11 is 0. The Morgan fingerprint density at radius 1 is 1.00 bits per heavy atom. The zero-order chi connectivity index (χ0) is 30.8. The van der Waals surface area contributed by atoms with Crippen LogP contribution in [0.2, 0.25) is 0 Å². The highest BCUT2D eigenvalue weighted by Crippen LogP contribution is 2.64.